The van der Waals surface area contributed by atoms with Crippen LogP contribution in [0.2, 0.25) is 5.28 Å². The Bertz CT molecular complexity index is 47.0. The van der Waals surface area contributed by atoms with Crippen molar-refractivity contribution in [1.29, 1.82) is 0 Å². The van der Waals surface area contributed by atoms with Crippen molar-refractivity contribution in [3.63, 3.8) is 0 Å². The van der Waals surface area contributed by atoms with Gasteiger partial charge in [0.05, 0.1) is 0 Å². The Labute approximate surface area is 76.1 Å². The zero-order valence-electron chi connectivity index (χ0n) is 4.63. The van der Waals surface area contributed by atoms with E-state index in [1.807, 2.05) is 6.08 Å². The molecule has 0 aromatic carbocycles. The Hall–Kier alpha value is 1.86. The van der Waals surface area contributed by atoms with Crippen molar-refractivity contribution in [2.45, 2.75) is 5.28 Å². The summed E-state index contributed by atoms with van der Waals surface area (Å²) in [6.45, 7) is 3.51. The zero-order valence-corrected chi connectivity index (χ0v) is 10.5. The predicted molar refractivity (Wildman–Crippen MR) is 41.1 cm³/mol. The fourth-order valence-electron chi connectivity index (χ4n) is 0. The molecule has 0 atom stereocenters. The van der Waals surface area contributed by atoms with E-state index in [1.165, 1.54) is 21.6 Å². The summed E-state index contributed by atoms with van der Waals surface area (Å²) >= 11 is -0.645. The predicted octanol–water partition coefficient (Wildman–Crippen LogP) is 2.29. The van der Waals surface area contributed by atoms with Crippen molar-refractivity contribution in [2.75, 3.05) is 0 Å². The molecule has 0 nitrogen and oxygen atoms in total. The summed E-state index contributed by atoms with van der Waals surface area (Å²) in [6, 6.07) is 0. The van der Waals surface area contributed by atoms with Gasteiger partial charge in [-0.15, -0.1) is 12.7 Å². The first-order valence-corrected chi connectivity index (χ1v) is 9.95. The van der Waals surface area contributed by atoms with Gasteiger partial charge < -0.3 is 0 Å². The number of allylic oxidation sites excluding steroid dienone is 1. The molecule has 0 aromatic heterocycles. The molecule has 0 unspecified atom stereocenters. The van der Waals surface area contributed by atoms with E-state index in [9.17, 15) is 0 Å². The second-order valence-corrected chi connectivity index (χ2v) is 9.47. The third-order valence-electron chi connectivity index (χ3n) is 0.289. The Morgan fingerprint density at radius 3 is 1.62 bits per heavy atom. The molecular formula is C3H7AlCl3Ti. The van der Waals surface area contributed by atoms with Gasteiger partial charge in [0.25, 0.3) is 0 Å². The van der Waals surface area contributed by atoms with Gasteiger partial charge in [-0.2, -0.15) is 0 Å². The van der Waals surface area contributed by atoms with E-state index >= 15 is 0 Å². The first-order valence-electron chi connectivity index (χ1n) is 2.09. The summed E-state index contributed by atoms with van der Waals surface area (Å²) in [6.07, 6.45) is 1.94. The van der Waals surface area contributed by atoms with Crippen LogP contribution in [0, 0.1) is 0 Å². The van der Waals surface area contributed by atoms with Gasteiger partial charge in [-0.25, -0.2) is 0 Å². The summed E-state index contributed by atoms with van der Waals surface area (Å²) in [7, 11) is 14.9. The molecule has 0 radical (unpaired) electrons. The second kappa shape index (κ2) is 11.6. The van der Waals surface area contributed by atoms with Crippen LogP contribution < -0.4 is 0 Å². The SMILES string of the molecule is C=C[CH2][AlH2].[Cl][Ti]([Cl])[Cl]. The Morgan fingerprint density at radius 2 is 1.62 bits per heavy atom. The standard InChI is InChI=1S/C3H5.Al.3ClH.Ti.2H/c1-3-2;;;;;;;/h3H,1-2H2;;3*1H;;;/q;;;;;+3;;/p-3. The van der Waals surface area contributed by atoms with Gasteiger partial charge in [0.1, 0.15) is 0 Å². The van der Waals surface area contributed by atoms with Crippen molar-refractivity contribution in [1.82, 2.24) is 0 Å². The molecular weight excluding hydrogens is 217 g/mol. The van der Waals surface area contributed by atoms with Crippen LogP contribution >= 0.6 is 27.9 Å². The molecule has 0 spiro atoms. The minimum atomic E-state index is -1.92. The fraction of sp³-hybridized carbons (Fsp3) is 0.333. The van der Waals surface area contributed by atoms with Crippen LogP contribution in [0.4, 0.5) is 0 Å². The van der Waals surface area contributed by atoms with Crippen molar-refractivity contribution in [3.8, 4) is 0 Å². The van der Waals surface area contributed by atoms with Gasteiger partial charge in [0, 0.05) is 0 Å². The minimum absolute atomic E-state index is 1.22. The van der Waals surface area contributed by atoms with Gasteiger partial charge in [-0.3, -0.25) is 0 Å². The topological polar surface area (TPSA) is 0 Å². The Balaban J connectivity index is 0. The van der Waals surface area contributed by atoms with E-state index in [2.05, 4.69) is 6.58 Å². The molecule has 0 aromatic rings. The summed E-state index contributed by atoms with van der Waals surface area (Å²) in [5.41, 5.74) is 0. The molecule has 0 amide bonds. The number of rotatable bonds is 1. The van der Waals surface area contributed by atoms with Gasteiger partial charge in [0.15, 0.2) is 0 Å². The normalized spacial score (nSPS) is 6.38. The average molecular weight is 224 g/mol. The molecule has 0 aliphatic carbocycles. The monoisotopic (exact) mass is 223 g/mol. The van der Waals surface area contributed by atoms with E-state index in [0.717, 1.165) is 0 Å². The zero-order chi connectivity index (χ0) is 6.99. The van der Waals surface area contributed by atoms with Crippen molar-refractivity contribution in [3.05, 3.63) is 12.7 Å². The van der Waals surface area contributed by atoms with Crippen LogP contribution in [0.25, 0.3) is 0 Å². The van der Waals surface area contributed by atoms with E-state index < -0.39 is 14.7 Å². The Kier molecular flexibility index (Phi) is 18.2. The molecule has 47 valence electrons. The first-order chi connectivity index (χ1) is 3.65. The van der Waals surface area contributed by atoms with E-state index in [1.54, 1.807) is 0 Å². The molecule has 0 bridgehead atoms. The average Bonchev–Trinajstić information content (AvgIpc) is 1.65. The van der Waals surface area contributed by atoms with Gasteiger partial charge in [-0.1, -0.05) is 5.28 Å². The Morgan fingerprint density at radius 1 is 1.50 bits per heavy atom. The van der Waals surface area contributed by atoms with Crippen LogP contribution in [0.15, 0.2) is 12.7 Å². The maximum absolute atomic E-state index is 4.97. The van der Waals surface area contributed by atoms with E-state index in [4.69, 9.17) is 27.9 Å². The molecule has 0 aliphatic heterocycles. The van der Waals surface area contributed by atoms with Crippen molar-refractivity contribution < 1.29 is 14.7 Å². The van der Waals surface area contributed by atoms with Crippen LogP contribution in [0.3, 0.4) is 0 Å². The van der Waals surface area contributed by atoms with E-state index in [-0.39, 0.29) is 0 Å². The van der Waals surface area contributed by atoms with Crippen LogP contribution in [-0.4, -0.2) is 16.3 Å². The molecule has 8 heavy (non-hydrogen) atoms. The molecule has 0 heterocycles. The van der Waals surface area contributed by atoms with Gasteiger partial charge >= 0.3 is 42.6 Å². The van der Waals surface area contributed by atoms with Crippen LogP contribution in [0.5, 0.6) is 0 Å². The number of hydrogen-bond donors (Lipinski definition) is 0. The fourth-order valence-corrected chi connectivity index (χ4v) is 0. The summed E-state index contributed by atoms with van der Waals surface area (Å²) in [5.74, 6) is 0. The maximum atomic E-state index is 4.97. The first kappa shape index (κ1) is 12.5. The molecule has 0 fully saturated rings. The summed E-state index contributed by atoms with van der Waals surface area (Å²) < 4.78 is 0. The van der Waals surface area contributed by atoms with Crippen molar-refractivity contribution in [2.24, 2.45) is 0 Å². The van der Waals surface area contributed by atoms with E-state index in [0.29, 0.717) is 0 Å². The van der Waals surface area contributed by atoms with Gasteiger partial charge in [0.2, 0.25) is 16.3 Å². The number of hydrogen-bond acceptors (Lipinski definition) is 0. The van der Waals surface area contributed by atoms with Crippen molar-refractivity contribution >= 4 is 44.2 Å². The molecule has 0 N–H and O–H groups in total. The molecule has 0 saturated carbocycles. The molecule has 0 rings (SSSR count). The molecule has 5 heteroatoms. The third-order valence-corrected chi connectivity index (χ3v) is 0.866. The van der Waals surface area contributed by atoms with Gasteiger partial charge in [-0.05, 0) is 0 Å². The number of halogens is 3. The van der Waals surface area contributed by atoms with Crippen LogP contribution in [-0.2, 0) is 14.7 Å². The molecule has 0 aliphatic rings. The summed E-state index contributed by atoms with van der Waals surface area (Å²) in [4.78, 5) is 0. The second-order valence-electron chi connectivity index (χ2n) is 0.911. The van der Waals surface area contributed by atoms with Crippen LogP contribution in [0.1, 0.15) is 0 Å². The third kappa shape index (κ3) is 45.3. The molecule has 0 saturated heterocycles. The summed E-state index contributed by atoms with van der Waals surface area (Å²) in [5, 5.41) is 1.22. The quantitative estimate of drug-likeness (QED) is 0.473.